The summed E-state index contributed by atoms with van der Waals surface area (Å²) in [6.07, 6.45) is 0.529. The van der Waals surface area contributed by atoms with Crippen LogP contribution in [-0.2, 0) is 0 Å². The Morgan fingerprint density at radius 2 is 1.71 bits per heavy atom. The molecule has 1 heterocycles. The molecule has 7 heteroatoms. The van der Waals surface area contributed by atoms with Gasteiger partial charge in [0.2, 0.25) is 0 Å². The standard InChI is InChI=1S/C28H25N3O3S/c1-33-20-15-25(32)27(26(16-20)34-2)23-17-24(22-14-8-10-18-9-6-7-13-21(18)22)31(30-23)28(35)29-19-11-4-3-5-12-19/h3-16,24,32H,17H2,1-2H3,(H,29,35). The minimum absolute atomic E-state index is 0.0420. The first-order valence-electron chi connectivity index (χ1n) is 11.2. The number of methoxy groups -OCH3 is 2. The lowest BCUT2D eigenvalue weighted by Crippen LogP contribution is -2.31. The van der Waals surface area contributed by atoms with Crippen molar-refractivity contribution in [3.05, 3.63) is 96.1 Å². The Balaban J connectivity index is 1.60. The molecule has 6 nitrogen and oxygen atoms in total. The maximum absolute atomic E-state index is 10.9. The molecule has 0 spiro atoms. The van der Waals surface area contributed by atoms with Gasteiger partial charge in [-0.3, -0.25) is 0 Å². The van der Waals surface area contributed by atoms with E-state index in [4.69, 9.17) is 26.8 Å². The Labute approximate surface area is 209 Å². The third-order valence-electron chi connectivity index (χ3n) is 6.12. The maximum Gasteiger partial charge on any atom is 0.194 e. The number of phenols is 1. The molecule has 0 aliphatic carbocycles. The predicted molar refractivity (Wildman–Crippen MR) is 144 cm³/mol. The van der Waals surface area contributed by atoms with E-state index in [0.29, 0.717) is 34.3 Å². The summed E-state index contributed by atoms with van der Waals surface area (Å²) in [5.41, 5.74) is 3.19. The van der Waals surface area contributed by atoms with Gasteiger partial charge in [0.05, 0.1) is 31.5 Å². The molecule has 0 aromatic heterocycles. The third-order valence-corrected chi connectivity index (χ3v) is 6.41. The summed E-state index contributed by atoms with van der Waals surface area (Å²) in [5.74, 6) is 1.03. The van der Waals surface area contributed by atoms with E-state index in [1.54, 1.807) is 26.4 Å². The predicted octanol–water partition coefficient (Wildman–Crippen LogP) is 6.11. The first-order valence-corrected chi connectivity index (χ1v) is 11.7. The zero-order chi connectivity index (χ0) is 24.4. The molecule has 1 aliphatic rings. The highest BCUT2D eigenvalue weighted by molar-refractivity contribution is 7.80. The van der Waals surface area contributed by atoms with Gasteiger partial charge >= 0.3 is 0 Å². The van der Waals surface area contributed by atoms with Gasteiger partial charge in [-0.15, -0.1) is 0 Å². The van der Waals surface area contributed by atoms with Crippen molar-refractivity contribution < 1.29 is 14.6 Å². The first kappa shape index (κ1) is 22.7. The molecular weight excluding hydrogens is 458 g/mol. The highest BCUT2D eigenvalue weighted by atomic mass is 32.1. The number of para-hydroxylation sites is 1. The lowest BCUT2D eigenvalue weighted by Gasteiger charge is -2.26. The summed E-state index contributed by atoms with van der Waals surface area (Å²) >= 11 is 5.83. The molecule has 0 bridgehead atoms. The molecule has 0 saturated heterocycles. The second-order valence-corrected chi connectivity index (χ2v) is 8.59. The number of hydrogen-bond donors (Lipinski definition) is 2. The van der Waals surface area contributed by atoms with Gasteiger partial charge in [-0.2, -0.15) is 5.10 Å². The number of anilines is 1. The zero-order valence-corrected chi connectivity index (χ0v) is 20.3. The molecule has 176 valence electrons. The van der Waals surface area contributed by atoms with Crippen molar-refractivity contribution in [3.8, 4) is 17.2 Å². The van der Waals surface area contributed by atoms with Gasteiger partial charge in [0, 0.05) is 24.2 Å². The second kappa shape index (κ2) is 9.64. The van der Waals surface area contributed by atoms with Gasteiger partial charge in [0.25, 0.3) is 0 Å². The molecule has 0 saturated carbocycles. The molecule has 0 amide bonds. The fourth-order valence-electron chi connectivity index (χ4n) is 4.48. The highest BCUT2D eigenvalue weighted by Crippen LogP contribution is 2.42. The number of benzene rings is 4. The van der Waals surface area contributed by atoms with Crippen molar-refractivity contribution in [1.29, 1.82) is 0 Å². The number of hydrazone groups is 1. The van der Waals surface area contributed by atoms with Crippen molar-refractivity contribution in [1.82, 2.24) is 5.01 Å². The number of rotatable bonds is 5. The van der Waals surface area contributed by atoms with Crippen LogP contribution in [-0.4, -0.2) is 35.2 Å². The van der Waals surface area contributed by atoms with Gasteiger partial charge in [-0.25, -0.2) is 5.01 Å². The number of nitrogens with zero attached hydrogens (tertiary/aromatic N) is 2. The monoisotopic (exact) mass is 483 g/mol. The van der Waals surface area contributed by atoms with Gasteiger partial charge in [0.15, 0.2) is 5.11 Å². The van der Waals surface area contributed by atoms with Gasteiger partial charge in [0.1, 0.15) is 17.2 Å². The van der Waals surface area contributed by atoms with Crippen LogP contribution < -0.4 is 14.8 Å². The van der Waals surface area contributed by atoms with Crippen molar-refractivity contribution >= 4 is 39.5 Å². The maximum atomic E-state index is 10.9. The van der Waals surface area contributed by atoms with Crippen LogP contribution in [0.3, 0.4) is 0 Å². The summed E-state index contributed by atoms with van der Waals surface area (Å²) in [7, 11) is 3.11. The lowest BCUT2D eigenvalue weighted by atomic mass is 9.93. The lowest BCUT2D eigenvalue weighted by molar-refractivity contribution is 0.377. The molecule has 4 aromatic carbocycles. The Bertz CT molecular complexity index is 1420. The topological polar surface area (TPSA) is 66.3 Å². The third kappa shape index (κ3) is 4.38. The highest BCUT2D eigenvalue weighted by Gasteiger charge is 2.34. The van der Waals surface area contributed by atoms with E-state index in [9.17, 15) is 5.11 Å². The van der Waals surface area contributed by atoms with E-state index in [1.165, 1.54) is 0 Å². The quantitative estimate of drug-likeness (QED) is 0.334. The molecule has 4 aromatic rings. The minimum atomic E-state index is -0.175. The van der Waals surface area contributed by atoms with Gasteiger partial charge in [-0.05, 0) is 40.7 Å². The van der Waals surface area contributed by atoms with E-state index in [2.05, 4.69) is 29.6 Å². The van der Waals surface area contributed by atoms with Crippen LogP contribution >= 0.6 is 12.2 Å². The number of thiocarbonyl (C=S) groups is 1. The molecule has 0 fully saturated rings. The number of fused-ring (bicyclic) bond motifs is 1. The smallest absolute Gasteiger partial charge is 0.194 e. The molecule has 2 N–H and O–H groups in total. The van der Waals surface area contributed by atoms with Gasteiger partial charge in [-0.1, -0.05) is 60.7 Å². The zero-order valence-electron chi connectivity index (χ0n) is 19.4. The Hall–Kier alpha value is -4.10. The summed E-state index contributed by atoms with van der Waals surface area (Å²) in [6, 6.07) is 27.4. The van der Waals surface area contributed by atoms with E-state index in [-0.39, 0.29) is 11.8 Å². The van der Waals surface area contributed by atoms with Crippen LogP contribution in [0.5, 0.6) is 17.2 Å². The summed E-state index contributed by atoms with van der Waals surface area (Å²) < 4.78 is 10.9. The van der Waals surface area contributed by atoms with Crippen LogP contribution in [0.4, 0.5) is 5.69 Å². The van der Waals surface area contributed by atoms with Crippen molar-refractivity contribution in [2.45, 2.75) is 12.5 Å². The molecular formula is C28H25N3O3S. The van der Waals surface area contributed by atoms with Crippen LogP contribution in [0.1, 0.15) is 23.6 Å². The van der Waals surface area contributed by atoms with Gasteiger partial charge < -0.3 is 19.9 Å². The SMILES string of the molecule is COc1cc(O)c(C2=NN(C(=S)Nc3ccccc3)C(c3cccc4ccccc34)C2)c(OC)c1. The van der Waals surface area contributed by atoms with Crippen molar-refractivity contribution in [2.75, 3.05) is 19.5 Å². The minimum Gasteiger partial charge on any atom is -0.507 e. The normalized spacial score (nSPS) is 15.1. The van der Waals surface area contributed by atoms with E-state index >= 15 is 0 Å². The average Bonchev–Trinajstić information content (AvgIpc) is 3.33. The Kier molecular flexibility index (Phi) is 6.25. The van der Waals surface area contributed by atoms with Crippen LogP contribution in [0.15, 0.2) is 90.0 Å². The number of phenolic OH excluding ortho intramolecular Hbond substituents is 1. The summed E-state index contributed by atoms with van der Waals surface area (Å²) in [4.78, 5) is 0. The van der Waals surface area contributed by atoms with Crippen LogP contribution in [0.25, 0.3) is 10.8 Å². The number of ether oxygens (including phenoxy) is 2. The number of nitrogens with one attached hydrogen (secondary N) is 1. The van der Waals surface area contributed by atoms with E-state index < -0.39 is 0 Å². The van der Waals surface area contributed by atoms with Crippen LogP contribution in [0.2, 0.25) is 0 Å². The fourth-order valence-corrected chi connectivity index (χ4v) is 4.77. The van der Waals surface area contributed by atoms with E-state index in [0.717, 1.165) is 22.0 Å². The first-order chi connectivity index (χ1) is 17.1. The summed E-state index contributed by atoms with van der Waals surface area (Å²) in [5, 5.41) is 23.7. The Morgan fingerprint density at radius 1 is 0.971 bits per heavy atom. The molecule has 1 aliphatic heterocycles. The largest absolute Gasteiger partial charge is 0.507 e. The Morgan fingerprint density at radius 3 is 2.49 bits per heavy atom. The molecule has 0 radical (unpaired) electrons. The second-order valence-electron chi connectivity index (χ2n) is 8.20. The number of hydrogen-bond acceptors (Lipinski definition) is 5. The van der Waals surface area contributed by atoms with Crippen molar-refractivity contribution in [3.63, 3.8) is 0 Å². The molecule has 1 atom stereocenters. The molecule has 5 rings (SSSR count). The average molecular weight is 484 g/mol. The fraction of sp³-hybridized carbons (Fsp3) is 0.143. The molecule has 35 heavy (non-hydrogen) atoms. The number of aromatic hydroxyl groups is 1. The summed E-state index contributed by atoms with van der Waals surface area (Å²) in [6.45, 7) is 0. The van der Waals surface area contributed by atoms with Crippen molar-refractivity contribution in [2.24, 2.45) is 5.10 Å². The van der Waals surface area contributed by atoms with E-state index in [1.807, 2.05) is 53.5 Å². The van der Waals surface area contributed by atoms with Crippen LogP contribution in [0, 0.1) is 0 Å². The molecule has 1 unspecified atom stereocenters.